The monoisotopic (exact) mass is 332 g/mol. The van der Waals surface area contributed by atoms with Crippen molar-refractivity contribution in [3.05, 3.63) is 41.5 Å². The fourth-order valence-electron chi connectivity index (χ4n) is 1.80. The first-order valence-electron chi connectivity index (χ1n) is 6.45. The van der Waals surface area contributed by atoms with Gasteiger partial charge >= 0.3 is 6.18 Å². The fraction of sp³-hybridized carbons (Fsp3) is 0.308. The molecule has 1 atom stereocenters. The number of carbonyl (C=O) groups excluding carboxylic acids is 1. The summed E-state index contributed by atoms with van der Waals surface area (Å²) in [6.07, 6.45) is -5.88. The summed E-state index contributed by atoms with van der Waals surface area (Å²) in [5.41, 5.74) is -2.60. The number of hydrogen-bond acceptors (Lipinski definition) is 4. The van der Waals surface area contributed by atoms with Crippen LogP contribution in [0.4, 0.5) is 17.6 Å². The van der Waals surface area contributed by atoms with Crippen LogP contribution in [0.1, 0.15) is 23.1 Å². The quantitative estimate of drug-likeness (QED) is 0.833. The number of nitrogens with zero attached hydrogens (tertiary/aromatic N) is 3. The van der Waals surface area contributed by atoms with Crippen molar-refractivity contribution in [1.82, 2.24) is 20.3 Å². The summed E-state index contributed by atoms with van der Waals surface area (Å²) in [4.78, 5) is 11.8. The summed E-state index contributed by atoms with van der Waals surface area (Å²) in [5.74, 6) is -1.90. The Morgan fingerprint density at radius 2 is 2.13 bits per heavy atom. The van der Waals surface area contributed by atoms with Gasteiger partial charge in [-0.1, -0.05) is 11.3 Å². The van der Waals surface area contributed by atoms with Crippen molar-refractivity contribution >= 4 is 5.91 Å². The third kappa shape index (κ3) is 3.83. The molecule has 2 N–H and O–H groups in total. The van der Waals surface area contributed by atoms with Crippen LogP contribution in [0.2, 0.25) is 0 Å². The van der Waals surface area contributed by atoms with Crippen molar-refractivity contribution < 1.29 is 27.5 Å². The molecule has 23 heavy (non-hydrogen) atoms. The van der Waals surface area contributed by atoms with E-state index in [9.17, 15) is 22.4 Å². The zero-order valence-electron chi connectivity index (χ0n) is 11.8. The van der Waals surface area contributed by atoms with Crippen LogP contribution in [0.15, 0.2) is 24.3 Å². The highest BCUT2D eigenvalue weighted by molar-refractivity contribution is 5.93. The maximum atomic E-state index is 13.3. The molecular formula is C13H12F4N4O2. The third-order valence-corrected chi connectivity index (χ3v) is 2.76. The molecule has 1 amide bonds. The molecule has 0 fully saturated rings. The van der Waals surface area contributed by atoms with Crippen LogP contribution < -0.4 is 5.32 Å². The first kappa shape index (κ1) is 16.9. The highest BCUT2D eigenvalue weighted by Crippen LogP contribution is 2.32. The molecule has 0 saturated heterocycles. The van der Waals surface area contributed by atoms with Crippen molar-refractivity contribution in [2.45, 2.75) is 19.2 Å². The Labute approximate surface area is 127 Å². The predicted octanol–water partition coefficient (Wildman–Crippen LogP) is 1.54. The van der Waals surface area contributed by atoms with Crippen LogP contribution in [0.3, 0.4) is 0 Å². The normalized spacial score (nSPS) is 13.0. The van der Waals surface area contributed by atoms with Gasteiger partial charge in [-0.2, -0.15) is 13.2 Å². The van der Waals surface area contributed by atoms with Crippen LogP contribution in [0.25, 0.3) is 5.69 Å². The van der Waals surface area contributed by atoms with E-state index in [1.54, 1.807) is 0 Å². The van der Waals surface area contributed by atoms with Crippen molar-refractivity contribution in [2.75, 3.05) is 6.54 Å². The average Bonchev–Trinajstić information content (AvgIpc) is 2.89. The molecule has 1 unspecified atom stereocenters. The van der Waals surface area contributed by atoms with Crippen LogP contribution >= 0.6 is 0 Å². The zero-order chi connectivity index (χ0) is 17.2. The summed E-state index contributed by atoms with van der Waals surface area (Å²) in [7, 11) is 0. The molecule has 2 rings (SSSR count). The van der Waals surface area contributed by atoms with E-state index >= 15 is 0 Å². The number of aliphatic hydroxyl groups excluding tert-OH is 1. The average molecular weight is 332 g/mol. The molecule has 124 valence electrons. The molecule has 1 aromatic carbocycles. The lowest BCUT2D eigenvalue weighted by atomic mass is 10.2. The summed E-state index contributed by atoms with van der Waals surface area (Å²) in [5, 5.41) is 17.7. The maximum absolute atomic E-state index is 13.3. The van der Waals surface area contributed by atoms with E-state index in [2.05, 4.69) is 15.6 Å². The lowest BCUT2D eigenvalue weighted by molar-refractivity contribution is -0.143. The van der Waals surface area contributed by atoms with Gasteiger partial charge in [-0.25, -0.2) is 9.07 Å². The molecule has 1 heterocycles. The standard InChI is InChI=1S/C13H12F4N4O2/c1-7(22)6-18-12(23)10-11(13(15,16)17)21(20-19-10)9-4-2-3-8(14)5-9/h2-5,7,22H,6H2,1H3,(H,18,23). The third-order valence-electron chi connectivity index (χ3n) is 2.76. The van der Waals surface area contributed by atoms with Gasteiger partial charge in [0.1, 0.15) is 5.82 Å². The van der Waals surface area contributed by atoms with Gasteiger partial charge in [0, 0.05) is 6.54 Å². The molecule has 10 heteroatoms. The Kier molecular flexibility index (Phi) is 4.64. The van der Waals surface area contributed by atoms with E-state index in [-0.39, 0.29) is 12.2 Å². The SMILES string of the molecule is CC(O)CNC(=O)c1nnn(-c2cccc(F)c2)c1C(F)(F)F. The molecular weight excluding hydrogens is 320 g/mol. The first-order chi connectivity index (χ1) is 10.7. The van der Waals surface area contributed by atoms with Crippen LogP contribution in [0.5, 0.6) is 0 Å². The number of hydrogen-bond donors (Lipinski definition) is 2. The van der Waals surface area contributed by atoms with Gasteiger partial charge in [0.25, 0.3) is 5.91 Å². The Morgan fingerprint density at radius 3 is 2.70 bits per heavy atom. The number of carbonyl (C=O) groups is 1. The molecule has 0 aliphatic carbocycles. The summed E-state index contributed by atoms with van der Waals surface area (Å²) >= 11 is 0. The Balaban J connectivity index is 2.48. The van der Waals surface area contributed by atoms with E-state index in [4.69, 9.17) is 5.11 Å². The van der Waals surface area contributed by atoms with Crippen molar-refractivity contribution in [1.29, 1.82) is 0 Å². The van der Waals surface area contributed by atoms with Gasteiger partial charge < -0.3 is 10.4 Å². The number of amides is 1. The summed E-state index contributed by atoms with van der Waals surface area (Å²) in [6.45, 7) is 1.11. The van der Waals surface area contributed by atoms with E-state index < -0.39 is 35.4 Å². The lowest BCUT2D eigenvalue weighted by Crippen LogP contribution is -2.32. The van der Waals surface area contributed by atoms with Gasteiger partial charge in [-0.3, -0.25) is 4.79 Å². The Bertz CT molecular complexity index is 712. The van der Waals surface area contributed by atoms with Gasteiger partial charge in [0.05, 0.1) is 11.8 Å². The van der Waals surface area contributed by atoms with E-state index in [0.717, 1.165) is 12.1 Å². The van der Waals surface area contributed by atoms with E-state index in [1.165, 1.54) is 19.1 Å². The maximum Gasteiger partial charge on any atom is 0.435 e. The number of nitrogens with one attached hydrogen (secondary N) is 1. The van der Waals surface area contributed by atoms with Crippen LogP contribution in [-0.4, -0.2) is 38.7 Å². The van der Waals surface area contributed by atoms with Crippen molar-refractivity contribution in [3.8, 4) is 5.69 Å². The fourth-order valence-corrected chi connectivity index (χ4v) is 1.80. The molecule has 1 aromatic heterocycles. The molecule has 0 aliphatic heterocycles. The number of halogens is 4. The molecule has 2 aromatic rings. The molecule has 0 aliphatic rings. The minimum absolute atomic E-state index is 0.223. The molecule has 0 radical (unpaired) electrons. The summed E-state index contributed by atoms with van der Waals surface area (Å²) in [6, 6.07) is 4.30. The minimum atomic E-state index is -4.94. The van der Waals surface area contributed by atoms with E-state index in [1.807, 2.05) is 0 Å². The molecule has 0 saturated carbocycles. The second-order valence-corrected chi connectivity index (χ2v) is 4.74. The Hall–Kier alpha value is -2.49. The van der Waals surface area contributed by atoms with Gasteiger partial charge in [-0.15, -0.1) is 5.10 Å². The number of aliphatic hydroxyl groups is 1. The number of rotatable bonds is 4. The largest absolute Gasteiger partial charge is 0.435 e. The van der Waals surface area contributed by atoms with Crippen LogP contribution in [0, 0.1) is 5.82 Å². The van der Waals surface area contributed by atoms with Gasteiger partial charge in [-0.05, 0) is 25.1 Å². The minimum Gasteiger partial charge on any atom is -0.392 e. The van der Waals surface area contributed by atoms with E-state index in [0.29, 0.717) is 4.68 Å². The second kappa shape index (κ2) is 6.32. The highest BCUT2D eigenvalue weighted by Gasteiger charge is 2.42. The zero-order valence-corrected chi connectivity index (χ0v) is 11.8. The Morgan fingerprint density at radius 1 is 1.43 bits per heavy atom. The number of aromatic nitrogens is 3. The predicted molar refractivity (Wildman–Crippen MR) is 70.3 cm³/mol. The van der Waals surface area contributed by atoms with Crippen molar-refractivity contribution in [2.24, 2.45) is 0 Å². The first-order valence-corrected chi connectivity index (χ1v) is 6.45. The van der Waals surface area contributed by atoms with Crippen LogP contribution in [-0.2, 0) is 6.18 Å². The molecule has 6 nitrogen and oxygen atoms in total. The number of benzene rings is 1. The second-order valence-electron chi connectivity index (χ2n) is 4.74. The smallest absolute Gasteiger partial charge is 0.392 e. The number of alkyl halides is 3. The van der Waals surface area contributed by atoms with Crippen molar-refractivity contribution in [3.63, 3.8) is 0 Å². The lowest BCUT2D eigenvalue weighted by Gasteiger charge is -2.11. The molecule has 0 spiro atoms. The highest BCUT2D eigenvalue weighted by atomic mass is 19.4. The topological polar surface area (TPSA) is 80.0 Å². The van der Waals surface area contributed by atoms with Gasteiger partial charge in [0.15, 0.2) is 11.4 Å². The molecule has 0 bridgehead atoms. The summed E-state index contributed by atoms with van der Waals surface area (Å²) < 4.78 is 53.3. The van der Waals surface area contributed by atoms with Gasteiger partial charge in [0.2, 0.25) is 0 Å².